The van der Waals surface area contributed by atoms with Crippen molar-refractivity contribution in [2.24, 2.45) is 5.92 Å². The Hall–Kier alpha value is -6.21. The Morgan fingerprint density at radius 2 is 1.78 bits per heavy atom. The van der Waals surface area contributed by atoms with Crippen molar-refractivity contribution in [2.45, 2.75) is 71.1 Å². The number of aryl methyl sites for hydroxylation is 2. The van der Waals surface area contributed by atoms with Crippen LogP contribution in [0, 0.1) is 25.6 Å². The van der Waals surface area contributed by atoms with Crippen molar-refractivity contribution in [3.05, 3.63) is 106 Å². The van der Waals surface area contributed by atoms with Crippen molar-refractivity contribution in [3.63, 3.8) is 0 Å². The van der Waals surface area contributed by atoms with Crippen LogP contribution in [0.2, 0.25) is 5.02 Å². The Morgan fingerprint density at radius 1 is 1.00 bits per heavy atom. The summed E-state index contributed by atoms with van der Waals surface area (Å²) < 4.78 is 31.2. The first-order chi connectivity index (χ1) is 32.8. The molecule has 16 nitrogen and oxygen atoms in total. The predicted octanol–water partition coefficient (Wildman–Crippen LogP) is 7.47. The molecule has 2 aliphatic rings. The molecule has 3 N–H and O–H groups in total. The molecule has 0 bridgehead atoms. The van der Waals surface area contributed by atoms with Gasteiger partial charge in [0.1, 0.15) is 35.7 Å². The number of amides is 3. The molecule has 3 aromatic carbocycles. The molecule has 5 heterocycles. The highest BCUT2D eigenvalue weighted by Crippen LogP contribution is 2.36. The Labute approximate surface area is 402 Å². The molecule has 0 unspecified atom stereocenters. The quantitative estimate of drug-likeness (QED) is 0.0765. The van der Waals surface area contributed by atoms with Crippen LogP contribution in [0.15, 0.2) is 77.0 Å². The van der Waals surface area contributed by atoms with Gasteiger partial charge < -0.3 is 39.5 Å². The van der Waals surface area contributed by atoms with Crippen LogP contribution in [0.5, 0.6) is 11.5 Å². The average Bonchev–Trinajstić information content (AvgIpc) is 4.08. The number of β-amino-alcohol motifs (C(OH)–C–C–N with tert-alkyl or cyclic N) is 1. The van der Waals surface area contributed by atoms with Gasteiger partial charge in [0.25, 0.3) is 0 Å². The molecule has 0 saturated carbocycles. The van der Waals surface area contributed by atoms with E-state index in [2.05, 4.69) is 35.6 Å². The largest absolute Gasteiger partial charge is 0.493 e. The summed E-state index contributed by atoms with van der Waals surface area (Å²) in [4.78, 5) is 62.3. The van der Waals surface area contributed by atoms with Gasteiger partial charge >= 0.3 is 0 Å². The molecule has 68 heavy (non-hydrogen) atoms. The summed E-state index contributed by atoms with van der Waals surface area (Å²) in [6.07, 6.45) is 1.30. The fourth-order valence-corrected chi connectivity index (χ4v) is 9.85. The van der Waals surface area contributed by atoms with Crippen LogP contribution in [0.4, 0.5) is 15.9 Å². The number of hydrogen-bond acceptors (Lipinski definition) is 14. The van der Waals surface area contributed by atoms with Crippen molar-refractivity contribution in [1.29, 1.82) is 0 Å². The van der Waals surface area contributed by atoms with E-state index in [1.54, 1.807) is 49.1 Å². The van der Waals surface area contributed by atoms with Crippen molar-refractivity contribution < 1.29 is 37.9 Å². The molecule has 0 aliphatic carbocycles. The zero-order valence-corrected chi connectivity index (χ0v) is 40.1. The minimum atomic E-state index is -0.953. The Morgan fingerprint density at radius 3 is 2.46 bits per heavy atom. The number of hydrogen-bond donors (Lipinski definition) is 3. The number of nitrogens with zero attached hydrogens (tertiary/aromatic N) is 7. The smallest absolute Gasteiger partial charge is 0.243 e. The lowest BCUT2D eigenvalue weighted by atomic mass is 9.91. The first kappa shape index (κ1) is 48.3. The summed E-state index contributed by atoms with van der Waals surface area (Å²) in [5.74, 6) is -0.312. The molecule has 8 rings (SSSR count). The Kier molecular flexibility index (Phi) is 15.2. The number of nitrogens with one attached hydrogen (secondary N) is 2. The highest BCUT2D eigenvalue weighted by Gasteiger charge is 2.44. The van der Waals surface area contributed by atoms with Gasteiger partial charge in [-0.15, -0.1) is 11.3 Å². The zero-order valence-electron chi connectivity index (χ0n) is 38.6. The van der Waals surface area contributed by atoms with Crippen molar-refractivity contribution in [3.8, 4) is 21.9 Å². The topological polar surface area (TPSA) is 188 Å². The number of aliphatic hydroxyl groups is 1. The summed E-state index contributed by atoms with van der Waals surface area (Å²) in [6, 6.07) is 15.8. The SMILES string of the molecule is COc1cc2ncnc(Nc3ccc(F)c(Cl)c3)c2cc1OCCCN1CCN(C(=O)C[C@H](NC(=O)[C@@H]2C[C@@H](O)CN2C(=O)[C@@H](c2cc(C)no2)C(C)C)c2ccc(-c3scnc3C)cc2)CC1. The van der Waals surface area contributed by atoms with E-state index in [4.69, 9.17) is 25.6 Å². The van der Waals surface area contributed by atoms with E-state index < -0.39 is 35.8 Å². The fourth-order valence-electron chi connectivity index (χ4n) is 8.86. The molecular weight excluding hydrogens is 913 g/mol. The van der Waals surface area contributed by atoms with Crippen LogP contribution in [-0.4, -0.2) is 123 Å². The van der Waals surface area contributed by atoms with Gasteiger partial charge in [-0.3, -0.25) is 19.3 Å². The molecule has 3 aromatic heterocycles. The number of piperazine rings is 1. The van der Waals surface area contributed by atoms with E-state index in [9.17, 15) is 23.9 Å². The number of aromatic nitrogens is 4. The van der Waals surface area contributed by atoms with Crippen LogP contribution in [0.25, 0.3) is 21.3 Å². The van der Waals surface area contributed by atoms with E-state index in [0.717, 1.165) is 28.2 Å². The third-order valence-electron chi connectivity index (χ3n) is 12.5. The van der Waals surface area contributed by atoms with Crippen LogP contribution < -0.4 is 20.1 Å². The minimum Gasteiger partial charge on any atom is -0.493 e. The maximum absolute atomic E-state index is 14.3. The summed E-state index contributed by atoms with van der Waals surface area (Å²) in [6.45, 7) is 11.0. The first-order valence-corrected chi connectivity index (χ1v) is 23.9. The third-order valence-corrected chi connectivity index (χ3v) is 13.7. The van der Waals surface area contributed by atoms with E-state index in [1.165, 1.54) is 23.4 Å². The third kappa shape index (κ3) is 11.0. The number of anilines is 2. The summed E-state index contributed by atoms with van der Waals surface area (Å²) in [5.41, 5.74) is 6.27. The van der Waals surface area contributed by atoms with E-state index in [-0.39, 0.29) is 42.1 Å². The van der Waals surface area contributed by atoms with Gasteiger partial charge in [-0.2, -0.15) is 0 Å². The van der Waals surface area contributed by atoms with Gasteiger partial charge in [-0.25, -0.2) is 19.3 Å². The maximum Gasteiger partial charge on any atom is 0.243 e. The van der Waals surface area contributed by atoms with E-state index in [1.807, 2.05) is 56.0 Å². The maximum atomic E-state index is 14.3. The second-order valence-electron chi connectivity index (χ2n) is 17.6. The minimum absolute atomic E-state index is 0.00119. The first-order valence-electron chi connectivity index (χ1n) is 22.7. The standard InChI is InChI=1S/C49H55ClFN9O7S/c1-28(2)45(43-19-29(3)57-67-43)49(64)60-25-34(61)21-40(60)48(63)56-38(31-7-9-32(10-8-31)46-30(4)54-27-68-46)24-44(62)59-16-14-58(15-17-59)13-6-18-66-42-22-35-39(23-41(42)65-5)52-26-53-47(35)55-33-11-12-37(51)36(50)20-33/h7-12,19-20,22-23,26-28,34,38,40,45,61H,6,13-18,21,24-25H2,1-5H3,(H,56,63)(H,52,53,55)/t34-,38+,40+,45-/m1/s1. The van der Waals surface area contributed by atoms with E-state index in [0.29, 0.717) is 84.6 Å². The molecule has 3 amide bonds. The Balaban J connectivity index is 0.894. The van der Waals surface area contributed by atoms with Gasteiger partial charge in [-0.1, -0.05) is 54.9 Å². The van der Waals surface area contributed by atoms with Gasteiger partial charge in [0.2, 0.25) is 17.7 Å². The summed E-state index contributed by atoms with van der Waals surface area (Å²) in [5, 5.41) is 21.8. The van der Waals surface area contributed by atoms with Crippen molar-refractivity contribution in [1.82, 2.24) is 40.1 Å². The van der Waals surface area contributed by atoms with Gasteiger partial charge in [0.05, 0.1) is 64.6 Å². The number of likely N-dealkylation sites (tertiary alicyclic amines) is 1. The number of carbonyl (C=O) groups excluding carboxylic acids is 3. The molecule has 2 saturated heterocycles. The van der Waals surface area contributed by atoms with Crippen LogP contribution in [-0.2, 0) is 14.4 Å². The number of fused-ring (bicyclic) bond motifs is 1. The second-order valence-corrected chi connectivity index (χ2v) is 18.8. The molecule has 2 aliphatic heterocycles. The van der Waals surface area contributed by atoms with Gasteiger partial charge in [0, 0.05) is 68.9 Å². The van der Waals surface area contributed by atoms with Crippen LogP contribution in [0.3, 0.4) is 0 Å². The molecule has 4 atom stereocenters. The fraction of sp³-hybridized carbons (Fsp3) is 0.408. The summed E-state index contributed by atoms with van der Waals surface area (Å²) >= 11 is 7.55. The van der Waals surface area contributed by atoms with Crippen molar-refractivity contribution in [2.75, 3.05) is 58.3 Å². The Bertz CT molecular complexity index is 2750. The highest BCUT2D eigenvalue weighted by molar-refractivity contribution is 7.13. The second kappa shape index (κ2) is 21.4. The monoisotopic (exact) mass is 967 g/mol. The number of aliphatic hydroxyl groups excluding tert-OH is 1. The number of rotatable bonds is 17. The number of benzene rings is 3. The van der Waals surface area contributed by atoms with Crippen molar-refractivity contribution >= 4 is 63.1 Å². The van der Waals surface area contributed by atoms with Gasteiger partial charge in [0.15, 0.2) is 11.5 Å². The summed E-state index contributed by atoms with van der Waals surface area (Å²) in [7, 11) is 1.56. The lowest BCUT2D eigenvalue weighted by Crippen LogP contribution is -2.51. The predicted molar refractivity (Wildman–Crippen MR) is 257 cm³/mol. The molecule has 6 aromatic rings. The molecular formula is C49H55ClFN9O7S. The molecule has 358 valence electrons. The lowest BCUT2D eigenvalue weighted by Gasteiger charge is -2.35. The molecule has 0 radical (unpaired) electrons. The number of thiazole rings is 1. The number of carbonyl (C=O) groups is 3. The number of ether oxygens (including phenoxy) is 2. The molecule has 19 heteroatoms. The average molecular weight is 969 g/mol. The highest BCUT2D eigenvalue weighted by atomic mass is 35.5. The normalized spacial score (nSPS) is 17.4. The number of methoxy groups -OCH3 is 1. The van der Waals surface area contributed by atoms with Crippen LogP contribution in [0.1, 0.15) is 67.8 Å². The van der Waals surface area contributed by atoms with Crippen LogP contribution >= 0.6 is 22.9 Å². The number of halogens is 2. The molecule has 0 spiro atoms. The van der Waals surface area contributed by atoms with E-state index >= 15 is 0 Å². The molecule has 2 fully saturated rings. The zero-order chi connectivity index (χ0) is 48.1. The lowest BCUT2D eigenvalue weighted by molar-refractivity contribution is -0.141. The van der Waals surface area contributed by atoms with Gasteiger partial charge in [-0.05, 0) is 61.6 Å².